The highest BCUT2D eigenvalue weighted by Gasteiger charge is 2.13. The highest BCUT2D eigenvalue weighted by Crippen LogP contribution is 2.20. The van der Waals surface area contributed by atoms with E-state index in [2.05, 4.69) is 5.32 Å². The fraction of sp³-hybridized carbons (Fsp3) is 0.467. The van der Waals surface area contributed by atoms with Crippen LogP contribution in [-0.4, -0.2) is 29.6 Å². The summed E-state index contributed by atoms with van der Waals surface area (Å²) in [5.74, 6) is -0.487. The lowest BCUT2D eigenvalue weighted by Crippen LogP contribution is -2.38. The summed E-state index contributed by atoms with van der Waals surface area (Å²) in [4.78, 5) is 22.0. The van der Waals surface area contributed by atoms with Crippen molar-refractivity contribution in [3.05, 3.63) is 29.3 Å². The third kappa shape index (κ3) is 4.91. The second kappa shape index (κ2) is 7.53. The maximum atomic E-state index is 11.5. The molecular weight excluding hydrogens is 258 g/mol. The molecule has 0 aliphatic heterocycles. The van der Waals surface area contributed by atoms with E-state index < -0.39 is 12.0 Å². The van der Waals surface area contributed by atoms with Crippen molar-refractivity contribution in [3.63, 3.8) is 0 Å². The quantitative estimate of drug-likeness (QED) is 0.749. The van der Waals surface area contributed by atoms with Crippen LogP contribution >= 0.6 is 0 Å². The van der Waals surface area contributed by atoms with E-state index in [1.807, 2.05) is 32.0 Å². The third-order valence-electron chi connectivity index (χ3n) is 3.11. The van der Waals surface area contributed by atoms with Crippen molar-refractivity contribution in [2.24, 2.45) is 0 Å². The SMILES string of the molecule is Cc1cccc(OCCCC(=O)NC(C)C(=O)O)c1C. The summed E-state index contributed by atoms with van der Waals surface area (Å²) in [5, 5.41) is 11.1. The molecule has 5 nitrogen and oxygen atoms in total. The Morgan fingerprint density at radius 3 is 2.70 bits per heavy atom. The lowest BCUT2D eigenvalue weighted by molar-refractivity contribution is -0.141. The second-order valence-corrected chi connectivity index (χ2v) is 4.78. The minimum Gasteiger partial charge on any atom is -0.493 e. The summed E-state index contributed by atoms with van der Waals surface area (Å²) in [6.45, 7) is 5.88. The number of hydrogen-bond acceptors (Lipinski definition) is 3. The van der Waals surface area contributed by atoms with E-state index in [1.54, 1.807) is 0 Å². The van der Waals surface area contributed by atoms with Gasteiger partial charge in [-0.3, -0.25) is 9.59 Å². The summed E-state index contributed by atoms with van der Waals surface area (Å²) in [5.41, 5.74) is 2.26. The Hall–Kier alpha value is -2.04. The van der Waals surface area contributed by atoms with Gasteiger partial charge < -0.3 is 15.2 Å². The maximum absolute atomic E-state index is 11.5. The van der Waals surface area contributed by atoms with Gasteiger partial charge in [-0.15, -0.1) is 0 Å². The van der Waals surface area contributed by atoms with Crippen molar-refractivity contribution >= 4 is 11.9 Å². The number of nitrogens with one attached hydrogen (secondary N) is 1. The van der Waals surface area contributed by atoms with Crippen molar-refractivity contribution < 1.29 is 19.4 Å². The van der Waals surface area contributed by atoms with Gasteiger partial charge in [-0.1, -0.05) is 12.1 Å². The van der Waals surface area contributed by atoms with E-state index in [0.29, 0.717) is 13.0 Å². The number of carboxylic acids is 1. The van der Waals surface area contributed by atoms with Crippen LogP contribution in [0.25, 0.3) is 0 Å². The number of amides is 1. The second-order valence-electron chi connectivity index (χ2n) is 4.78. The fourth-order valence-electron chi connectivity index (χ4n) is 1.67. The summed E-state index contributed by atoms with van der Waals surface area (Å²) in [6.07, 6.45) is 0.800. The molecule has 0 saturated carbocycles. The van der Waals surface area contributed by atoms with Crippen LogP contribution in [0, 0.1) is 13.8 Å². The van der Waals surface area contributed by atoms with Crippen molar-refractivity contribution in [3.8, 4) is 5.75 Å². The third-order valence-corrected chi connectivity index (χ3v) is 3.11. The molecule has 1 unspecified atom stereocenters. The van der Waals surface area contributed by atoms with Gasteiger partial charge in [0.05, 0.1) is 6.61 Å². The monoisotopic (exact) mass is 279 g/mol. The molecule has 110 valence electrons. The molecule has 0 bridgehead atoms. The predicted octanol–water partition coefficient (Wildman–Crippen LogP) is 2.05. The van der Waals surface area contributed by atoms with Crippen LogP contribution < -0.4 is 10.1 Å². The zero-order valence-corrected chi connectivity index (χ0v) is 12.1. The largest absolute Gasteiger partial charge is 0.493 e. The average molecular weight is 279 g/mol. The Morgan fingerprint density at radius 1 is 1.35 bits per heavy atom. The summed E-state index contributed by atoms with van der Waals surface area (Å²) < 4.78 is 5.62. The van der Waals surface area contributed by atoms with Gasteiger partial charge in [0.2, 0.25) is 5.91 Å². The normalized spacial score (nSPS) is 11.8. The summed E-state index contributed by atoms with van der Waals surface area (Å²) in [6, 6.07) is 4.99. The van der Waals surface area contributed by atoms with Gasteiger partial charge in [-0.05, 0) is 44.4 Å². The van der Waals surface area contributed by atoms with Gasteiger partial charge in [-0.25, -0.2) is 0 Å². The Morgan fingerprint density at radius 2 is 2.05 bits per heavy atom. The molecule has 0 aromatic heterocycles. The minimum absolute atomic E-state index is 0.252. The van der Waals surface area contributed by atoms with Crippen LogP contribution in [0.4, 0.5) is 0 Å². The maximum Gasteiger partial charge on any atom is 0.325 e. The van der Waals surface area contributed by atoms with E-state index in [-0.39, 0.29) is 12.3 Å². The molecule has 0 heterocycles. The lowest BCUT2D eigenvalue weighted by atomic mass is 10.1. The molecule has 0 saturated heterocycles. The number of carboxylic acid groups (broad SMARTS) is 1. The van der Waals surface area contributed by atoms with E-state index in [1.165, 1.54) is 6.92 Å². The Bertz CT molecular complexity index is 485. The summed E-state index contributed by atoms with van der Waals surface area (Å²) in [7, 11) is 0. The fourth-order valence-corrected chi connectivity index (χ4v) is 1.67. The van der Waals surface area contributed by atoms with E-state index in [4.69, 9.17) is 9.84 Å². The van der Waals surface area contributed by atoms with Gasteiger partial charge >= 0.3 is 5.97 Å². The summed E-state index contributed by atoms with van der Waals surface area (Å²) >= 11 is 0. The number of carbonyl (C=O) groups excluding carboxylic acids is 1. The number of aryl methyl sites for hydroxylation is 1. The number of carbonyl (C=O) groups is 2. The first-order valence-corrected chi connectivity index (χ1v) is 6.63. The van der Waals surface area contributed by atoms with Crippen molar-refractivity contribution in [2.45, 2.75) is 39.7 Å². The molecule has 2 N–H and O–H groups in total. The molecule has 1 aromatic rings. The molecule has 20 heavy (non-hydrogen) atoms. The first kappa shape index (κ1) is 16.0. The smallest absolute Gasteiger partial charge is 0.325 e. The highest BCUT2D eigenvalue weighted by molar-refractivity contribution is 5.83. The van der Waals surface area contributed by atoms with Gasteiger partial charge in [-0.2, -0.15) is 0 Å². The first-order valence-electron chi connectivity index (χ1n) is 6.63. The molecule has 0 aliphatic carbocycles. The molecule has 0 fully saturated rings. The Balaban J connectivity index is 2.30. The number of benzene rings is 1. The lowest BCUT2D eigenvalue weighted by Gasteiger charge is -2.11. The molecule has 0 aliphatic rings. The highest BCUT2D eigenvalue weighted by atomic mass is 16.5. The minimum atomic E-state index is -1.04. The van der Waals surface area contributed by atoms with E-state index in [9.17, 15) is 9.59 Å². The molecule has 1 aromatic carbocycles. The number of aliphatic carboxylic acids is 1. The topological polar surface area (TPSA) is 75.6 Å². The van der Waals surface area contributed by atoms with Gasteiger partial charge in [0.15, 0.2) is 0 Å². The van der Waals surface area contributed by atoms with E-state index >= 15 is 0 Å². The van der Waals surface area contributed by atoms with Crippen LogP contribution in [0.15, 0.2) is 18.2 Å². The van der Waals surface area contributed by atoms with Crippen molar-refractivity contribution in [2.75, 3.05) is 6.61 Å². The molecule has 5 heteroatoms. The van der Waals surface area contributed by atoms with Crippen LogP contribution in [-0.2, 0) is 9.59 Å². The predicted molar refractivity (Wildman–Crippen MR) is 75.9 cm³/mol. The Labute approximate surface area is 118 Å². The van der Waals surface area contributed by atoms with Gasteiger partial charge in [0, 0.05) is 6.42 Å². The Kier molecular flexibility index (Phi) is 6.03. The molecule has 1 amide bonds. The molecular formula is C15H21NO4. The molecule has 0 spiro atoms. The number of rotatable bonds is 7. The van der Waals surface area contributed by atoms with Gasteiger partial charge in [0.25, 0.3) is 0 Å². The zero-order chi connectivity index (χ0) is 15.1. The number of hydrogen-bond donors (Lipinski definition) is 2. The standard InChI is InChI=1S/C15H21NO4/c1-10-6-4-7-13(11(10)2)20-9-5-8-14(17)16-12(3)15(18)19/h4,6-7,12H,5,8-9H2,1-3H3,(H,16,17)(H,18,19). The molecule has 1 atom stereocenters. The van der Waals surface area contributed by atoms with E-state index in [0.717, 1.165) is 16.9 Å². The number of ether oxygens (including phenoxy) is 1. The average Bonchev–Trinajstić information content (AvgIpc) is 2.39. The van der Waals surface area contributed by atoms with Crippen molar-refractivity contribution in [1.29, 1.82) is 0 Å². The first-order chi connectivity index (χ1) is 9.41. The van der Waals surface area contributed by atoms with Gasteiger partial charge in [0.1, 0.15) is 11.8 Å². The van der Waals surface area contributed by atoms with Crippen LogP contribution in [0.2, 0.25) is 0 Å². The van der Waals surface area contributed by atoms with Crippen molar-refractivity contribution in [1.82, 2.24) is 5.32 Å². The van der Waals surface area contributed by atoms with Crippen LogP contribution in [0.3, 0.4) is 0 Å². The molecule has 1 rings (SSSR count). The van der Waals surface area contributed by atoms with Crippen LogP contribution in [0.1, 0.15) is 30.9 Å². The zero-order valence-electron chi connectivity index (χ0n) is 12.1. The molecule has 0 radical (unpaired) electrons. The van der Waals surface area contributed by atoms with Crippen LogP contribution in [0.5, 0.6) is 5.75 Å².